The molecular formula is C15H28N2O2. The van der Waals surface area contributed by atoms with Crippen LogP contribution < -0.4 is 5.73 Å². The summed E-state index contributed by atoms with van der Waals surface area (Å²) >= 11 is 0. The van der Waals surface area contributed by atoms with Gasteiger partial charge in [-0.2, -0.15) is 0 Å². The van der Waals surface area contributed by atoms with Gasteiger partial charge in [0.05, 0.1) is 6.61 Å². The molecule has 0 spiro atoms. The third-order valence-electron chi connectivity index (χ3n) is 4.74. The number of hydrogen-bond donors (Lipinski definition) is 1. The molecule has 3 atom stereocenters. The first-order valence-corrected chi connectivity index (χ1v) is 7.79. The molecule has 19 heavy (non-hydrogen) atoms. The van der Waals surface area contributed by atoms with Crippen LogP contribution in [0.25, 0.3) is 0 Å². The molecule has 2 rings (SSSR count). The summed E-state index contributed by atoms with van der Waals surface area (Å²) in [5.41, 5.74) is 5.51. The van der Waals surface area contributed by atoms with Gasteiger partial charge in [-0.15, -0.1) is 0 Å². The second-order valence-electron chi connectivity index (χ2n) is 6.21. The van der Waals surface area contributed by atoms with Gasteiger partial charge in [0.25, 0.3) is 0 Å². The third kappa shape index (κ3) is 3.29. The molecule has 2 N–H and O–H groups in total. The van der Waals surface area contributed by atoms with Crippen LogP contribution in [0.15, 0.2) is 0 Å². The van der Waals surface area contributed by atoms with Crippen LogP contribution in [-0.4, -0.2) is 42.1 Å². The Morgan fingerprint density at radius 2 is 2.21 bits per heavy atom. The lowest BCUT2D eigenvalue weighted by Gasteiger charge is -2.26. The minimum atomic E-state index is -0.733. The molecule has 0 aromatic carbocycles. The van der Waals surface area contributed by atoms with Crippen molar-refractivity contribution in [2.75, 3.05) is 19.7 Å². The number of carbonyl (C=O) groups is 1. The van der Waals surface area contributed by atoms with Gasteiger partial charge in [-0.25, -0.2) is 0 Å². The minimum absolute atomic E-state index is 0.207. The molecule has 0 amide bonds. The van der Waals surface area contributed by atoms with Gasteiger partial charge < -0.3 is 15.4 Å². The van der Waals surface area contributed by atoms with Crippen LogP contribution >= 0.6 is 0 Å². The topological polar surface area (TPSA) is 55.6 Å². The Hall–Kier alpha value is -0.610. The number of nitrogens with zero attached hydrogens (tertiary/aromatic N) is 1. The van der Waals surface area contributed by atoms with Gasteiger partial charge in [-0.1, -0.05) is 13.3 Å². The molecule has 0 aromatic heterocycles. The highest BCUT2D eigenvalue weighted by molar-refractivity contribution is 5.81. The largest absolute Gasteiger partial charge is 0.465 e. The first-order chi connectivity index (χ1) is 9.09. The zero-order chi connectivity index (χ0) is 13.9. The summed E-state index contributed by atoms with van der Waals surface area (Å²) in [6.45, 7) is 6.88. The van der Waals surface area contributed by atoms with Gasteiger partial charge in [0, 0.05) is 12.6 Å². The second-order valence-corrected chi connectivity index (χ2v) is 6.21. The van der Waals surface area contributed by atoms with Crippen molar-refractivity contribution in [3.63, 3.8) is 0 Å². The molecule has 1 heterocycles. The first kappa shape index (κ1) is 14.8. The predicted octanol–water partition coefficient (Wildman–Crippen LogP) is 1.92. The van der Waals surface area contributed by atoms with E-state index in [9.17, 15) is 4.79 Å². The number of likely N-dealkylation sites (tertiary alicyclic amines) is 1. The standard InChI is InChI=1S/C15H28N2O2/c1-3-5-12-7-9-17(11-12)13-6-8-15(16,10-13)14(18)19-4-2/h12-13H,3-11,16H2,1-2H3. The number of hydrogen-bond acceptors (Lipinski definition) is 4. The summed E-state index contributed by atoms with van der Waals surface area (Å²) in [4.78, 5) is 14.5. The van der Waals surface area contributed by atoms with E-state index < -0.39 is 5.54 Å². The Balaban J connectivity index is 1.87. The number of rotatable bonds is 5. The van der Waals surface area contributed by atoms with E-state index >= 15 is 0 Å². The summed E-state index contributed by atoms with van der Waals surface area (Å²) in [6, 6.07) is 0.483. The molecule has 2 aliphatic rings. The summed E-state index contributed by atoms with van der Waals surface area (Å²) in [6.07, 6.45) is 6.48. The maximum Gasteiger partial charge on any atom is 0.326 e. The second kappa shape index (κ2) is 6.23. The average molecular weight is 268 g/mol. The van der Waals surface area contributed by atoms with Crippen molar-refractivity contribution in [1.82, 2.24) is 4.90 Å². The van der Waals surface area contributed by atoms with Crippen molar-refractivity contribution in [1.29, 1.82) is 0 Å². The zero-order valence-electron chi connectivity index (χ0n) is 12.4. The fourth-order valence-electron chi connectivity index (χ4n) is 3.66. The lowest BCUT2D eigenvalue weighted by molar-refractivity contribution is -0.149. The van der Waals surface area contributed by atoms with Gasteiger partial charge in [0.1, 0.15) is 5.54 Å². The molecule has 2 fully saturated rings. The SMILES string of the molecule is CCCC1CCN(C2CCC(N)(C(=O)OCC)C2)C1. The van der Waals surface area contributed by atoms with Gasteiger partial charge >= 0.3 is 5.97 Å². The van der Waals surface area contributed by atoms with E-state index in [-0.39, 0.29) is 5.97 Å². The highest BCUT2D eigenvalue weighted by Crippen LogP contribution is 2.35. The van der Waals surface area contributed by atoms with E-state index in [0.717, 1.165) is 25.2 Å². The summed E-state index contributed by atoms with van der Waals surface area (Å²) < 4.78 is 5.12. The predicted molar refractivity (Wildman–Crippen MR) is 75.8 cm³/mol. The van der Waals surface area contributed by atoms with Crippen LogP contribution in [0.3, 0.4) is 0 Å². The van der Waals surface area contributed by atoms with E-state index in [0.29, 0.717) is 12.6 Å². The molecule has 3 unspecified atom stereocenters. The molecule has 1 saturated heterocycles. The molecule has 4 nitrogen and oxygen atoms in total. The van der Waals surface area contributed by atoms with E-state index in [1.165, 1.54) is 32.4 Å². The lowest BCUT2D eigenvalue weighted by atomic mass is 9.99. The van der Waals surface area contributed by atoms with Crippen molar-refractivity contribution >= 4 is 5.97 Å². The highest BCUT2D eigenvalue weighted by Gasteiger charge is 2.45. The van der Waals surface area contributed by atoms with Gasteiger partial charge in [0.2, 0.25) is 0 Å². The Bertz CT molecular complexity index is 321. The smallest absolute Gasteiger partial charge is 0.326 e. The van der Waals surface area contributed by atoms with Crippen molar-refractivity contribution < 1.29 is 9.53 Å². The van der Waals surface area contributed by atoms with Gasteiger partial charge in [-0.3, -0.25) is 4.79 Å². The number of ether oxygens (including phenoxy) is 1. The van der Waals surface area contributed by atoms with E-state index in [1.54, 1.807) is 0 Å². The average Bonchev–Trinajstić information content (AvgIpc) is 2.98. The maximum atomic E-state index is 11.9. The maximum absolute atomic E-state index is 11.9. The molecule has 1 aliphatic carbocycles. The fraction of sp³-hybridized carbons (Fsp3) is 0.933. The van der Waals surface area contributed by atoms with Crippen LogP contribution in [0.5, 0.6) is 0 Å². The highest BCUT2D eigenvalue weighted by atomic mass is 16.5. The van der Waals surface area contributed by atoms with Gasteiger partial charge in [-0.05, 0) is 51.5 Å². The van der Waals surface area contributed by atoms with Crippen molar-refractivity contribution in [3.05, 3.63) is 0 Å². The summed E-state index contributed by atoms with van der Waals surface area (Å²) in [5.74, 6) is 0.641. The van der Waals surface area contributed by atoms with Crippen LogP contribution in [0.1, 0.15) is 52.4 Å². The Morgan fingerprint density at radius 1 is 1.42 bits per heavy atom. The molecule has 0 aromatic rings. The summed E-state index contributed by atoms with van der Waals surface area (Å²) in [5, 5.41) is 0. The van der Waals surface area contributed by atoms with Crippen molar-refractivity contribution in [2.24, 2.45) is 11.7 Å². The Kier molecular flexibility index (Phi) is 4.85. The molecule has 1 saturated carbocycles. The van der Waals surface area contributed by atoms with E-state index in [2.05, 4.69) is 11.8 Å². The van der Waals surface area contributed by atoms with Crippen molar-refractivity contribution in [3.8, 4) is 0 Å². The molecule has 0 bridgehead atoms. The third-order valence-corrected chi connectivity index (χ3v) is 4.74. The van der Waals surface area contributed by atoms with Crippen LogP contribution in [0, 0.1) is 5.92 Å². The first-order valence-electron chi connectivity index (χ1n) is 7.79. The van der Waals surface area contributed by atoms with Crippen molar-refractivity contribution in [2.45, 2.75) is 64.0 Å². The van der Waals surface area contributed by atoms with Crippen LogP contribution in [0.2, 0.25) is 0 Å². The summed E-state index contributed by atoms with van der Waals surface area (Å²) in [7, 11) is 0. The zero-order valence-corrected chi connectivity index (χ0v) is 12.4. The molecule has 0 radical (unpaired) electrons. The van der Waals surface area contributed by atoms with E-state index in [4.69, 9.17) is 10.5 Å². The lowest BCUT2D eigenvalue weighted by Crippen LogP contribution is -2.48. The molecule has 1 aliphatic heterocycles. The van der Waals surface area contributed by atoms with Crippen LogP contribution in [-0.2, 0) is 9.53 Å². The van der Waals surface area contributed by atoms with Crippen LogP contribution in [0.4, 0.5) is 0 Å². The Labute approximate surface area is 116 Å². The quantitative estimate of drug-likeness (QED) is 0.774. The fourth-order valence-corrected chi connectivity index (χ4v) is 3.66. The monoisotopic (exact) mass is 268 g/mol. The number of esters is 1. The van der Waals surface area contributed by atoms with Gasteiger partial charge in [0.15, 0.2) is 0 Å². The Morgan fingerprint density at radius 3 is 2.89 bits per heavy atom. The normalized spacial score (nSPS) is 35.7. The number of carbonyl (C=O) groups excluding carboxylic acids is 1. The van der Waals surface area contributed by atoms with E-state index in [1.807, 2.05) is 6.92 Å². The molecule has 110 valence electrons. The molecular weight excluding hydrogens is 240 g/mol. The molecule has 4 heteroatoms. The minimum Gasteiger partial charge on any atom is -0.465 e. The number of nitrogens with two attached hydrogens (primary N) is 1.